The third-order valence-electron chi connectivity index (χ3n) is 4.38. The number of unbranched alkanes of at least 4 members (excludes halogenated alkanes) is 1. The highest BCUT2D eigenvalue weighted by Gasteiger charge is 2.11. The normalized spacial score (nSPS) is 14.3. The maximum Gasteiger partial charge on any atom is 0.414 e. The van der Waals surface area contributed by atoms with Gasteiger partial charge in [0, 0.05) is 11.6 Å². The van der Waals surface area contributed by atoms with Gasteiger partial charge in [-0.1, -0.05) is 12.8 Å². The number of carboxylic acid groups (broad SMARTS) is 2. The van der Waals surface area contributed by atoms with Crippen LogP contribution >= 0.6 is 0 Å². The molecule has 2 N–H and O–H groups in total. The van der Waals surface area contributed by atoms with Crippen molar-refractivity contribution in [1.82, 2.24) is 4.90 Å². The molecular weight excluding hydrogens is 368 g/mol. The van der Waals surface area contributed by atoms with E-state index in [2.05, 4.69) is 4.90 Å². The lowest BCUT2D eigenvalue weighted by Gasteiger charge is -2.19. The van der Waals surface area contributed by atoms with Crippen molar-refractivity contribution in [2.45, 2.75) is 45.4 Å². The van der Waals surface area contributed by atoms with Crippen LogP contribution in [0.25, 0.3) is 0 Å². The van der Waals surface area contributed by atoms with Crippen LogP contribution in [0.5, 0.6) is 5.75 Å². The quantitative estimate of drug-likeness (QED) is 0.311. The van der Waals surface area contributed by atoms with Gasteiger partial charge in [0.05, 0.1) is 11.5 Å². The molecule has 1 saturated heterocycles. The first-order valence-corrected chi connectivity index (χ1v) is 9.37. The van der Waals surface area contributed by atoms with E-state index in [1.54, 1.807) is 19.1 Å². The molecule has 1 aliphatic heterocycles. The van der Waals surface area contributed by atoms with Gasteiger partial charge < -0.3 is 19.8 Å². The number of nitrogens with zero attached hydrogens (tertiary/aromatic N) is 2. The van der Waals surface area contributed by atoms with Crippen molar-refractivity contribution >= 4 is 17.6 Å². The van der Waals surface area contributed by atoms with Gasteiger partial charge >= 0.3 is 11.9 Å². The van der Waals surface area contributed by atoms with Crippen molar-refractivity contribution in [1.29, 1.82) is 0 Å². The molecule has 0 bridgehead atoms. The van der Waals surface area contributed by atoms with E-state index < -0.39 is 11.9 Å². The maximum atomic E-state index is 10.8. The van der Waals surface area contributed by atoms with Crippen LogP contribution in [0.3, 0.4) is 0 Å². The summed E-state index contributed by atoms with van der Waals surface area (Å²) >= 11 is 0. The Balaban J connectivity index is 0.000000568. The molecule has 1 heterocycles. The second kappa shape index (κ2) is 12.7. The molecule has 156 valence electrons. The van der Waals surface area contributed by atoms with Gasteiger partial charge in [-0.3, -0.25) is 10.1 Å². The summed E-state index contributed by atoms with van der Waals surface area (Å²) in [6, 6.07) is 4.94. The number of ether oxygens (including phenoxy) is 1. The van der Waals surface area contributed by atoms with E-state index in [0.29, 0.717) is 12.2 Å². The molecule has 0 atom stereocenters. The monoisotopic (exact) mass is 396 g/mol. The molecule has 1 aliphatic rings. The van der Waals surface area contributed by atoms with Gasteiger partial charge in [0.15, 0.2) is 0 Å². The van der Waals surface area contributed by atoms with Crippen LogP contribution in [-0.2, 0) is 9.59 Å². The molecule has 0 aliphatic carbocycles. The summed E-state index contributed by atoms with van der Waals surface area (Å²) in [6.07, 6.45) is 7.58. The summed E-state index contributed by atoms with van der Waals surface area (Å²) in [5.41, 5.74) is 0.792. The van der Waals surface area contributed by atoms with Crippen LogP contribution in [-0.4, -0.2) is 58.2 Å². The van der Waals surface area contributed by atoms with Crippen LogP contribution in [0.1, 0.15) is 44.1 Å². The topological polar surface area (TPSA) is 130 Å². The number of hydrogen-bond donors (Lipinski definition) is 2. The highest BCUT2D eigenvalue weighted by molar-refractivity contribution is 6.27. The number of rotatable bonds is 7. The Morgan fingerprint density at radius 3 is 2.21 bits per heavy atom. The Labute approximate surface area is 164 Å². The lowest BCUT2D eigenvalue weighted by atomic mass is 10.2. The van der Waals surface area contributed by atoms with Gasteiger partial charge in [0.25, 0.3) is 5.69 Å². The average Bonchev–Trinajstić information content (AvgIpc) is 2.90. The molecule has 1 aromatic rings. The molecule has 0 radical (unpaired) electrons. The van der Waals surface area contributed by atoms with Crippen molar-refractivity contribution in [2.75, 3.05) is 26.2 Å². The number of likely N-dealkylation sites (tertiary alicyclic amines) is 1. The predicted molar refractivity (Wildman–Crippen MR) is 103 cm³/mol. The molecule has 0 saturated carbocycles. The molecule has 0 aromatic heterocycles. The minimum absolute atomic E-state index is 0.147. The number of carbonyl (C=O) groups is 2. The number of benzene rings is 1. The van der Waals surface area contributed by atoms with Crippen LogP contribution in [0.15, 0.2) is 18.2 Å². The average molecular weight is 396 g/mol. The van der Waals surface area contributed by atoms with E-state index >= 15 is 0 Å². The van der Waals surface area contributed by atoms with Gasteiger partial charge in [0.2, 0.25) is 0 Å². The number of aryl methyl sites for hydroxylation is 1. The molecule has 9 heteroatoms. The van der Waals surface area contributed by atoms with Crippen LogP contribution in [0, 0.1) is 17.0 Å². The number of carboxylic acids is 2. The Kier molecular flexibility index (Phi) is 10.6. The second-order valence-corrected chi connectivity index (χ2v) is 6.63. The van der Waals surface area contributed by atoms with Crippen molar-refractivity contribution in [3.8, 4) is 5.75 Å². The Morgan fingerprint density at radius 1 is 1.11 bits per heavy atom. The number of aliphatic carboxylic acids is 2. The third-order valence-corrected chi connectivity index (χ3v) is 4.38. The standard InChI is InChI=1S/C17H26N2O3.C2H2O4/c1-15-14-16(8-9-17(15)19(20)21)22-13-7-6-12-18-10-4-2-3-5-11-18;3-1(4)2(5)6/h8-9,14H,2-7,10-13H2,1H3;(H,3,4)(H,5,6). The SMILES string of the molecule is Cc1cc(OCCCCN2CCCCCC2)ccc1[N+](=O)[O-].O=C(O)C(=O)O. The highest BCUT2D eigenvalue weighted by Crippen LogP contribution is 2.23. The zero-order valence-electron chi connectivity index (χ0n) is 16.1. The lowest BCUT2D eigenvalue weighted by Crippen LogP contribution is -2.25. The molecule has 2 rings (SSSR count). The van der Waals surface area contributed by atoms with Crippen molar-refractivity contribution in [3.63, 3.8) is 0 Å². The van der Waals surface area contributed by atoms with Gasteiger partial charge in [-0.25, -0.2) is 9.59 Å². The van der Waals surface area contributed by atoms with Gasteiger partial charge in [0.1, 0.15) is 5.75 Å². The molecule has 0 amide bonds. The van der Waals surface area contributed by atoms with Gasteiger partial charge in [-0.05, 0) is 64.4 Å². The van der Waals surface area contributed by atoms with Gasteiger partial charge in [-0.15, -0.1) is 0 Å². The first kappa shape index (κ1) is 23.4. The molecule has 0 unspecified atom stereocenters. The highest BCUT2D eigenvalue weighted by atomic mass is 16.6. The van der Waals surface area contributed by atoms with Crippen LogP contribution in [0.4, 0.5) is 5.69 Å². The maximum absolute atomic E-state index is 10.8. The molecule has 0 spiro atoms. The number of hydrogen-bond acceptors (Lipinski definition) is 6. The van der Waals surface area contributed by atoms with Crippen molar-refractivity contribution in [3.05, 3.63) is 33.9 Å². The van der Waals surface area contributed by atoms with Crippen molar-refractivity contribution < 1.29 is 29.5 Å². The summed E-state index contributed by atoms with van der Waals surface area (Å²) in [5.74, 6) is -2.93. The minimum atomic E-state index is -1.82. The molecule has 28 heavy (non-hydrogen) atoms. The Hall–Kier alpha value is -2.68. The van der Waals surface area contributed by atoms with E-state index in [4.69, 9.17) is 24.5 Å². The Morgan fingerprint density at radius 2 is 1.71 bits per heavy atom. The predicted octanol–water partition coefficient (Wildman–Crippen LogP) is 3.09. The van der Waals surface area contributed by atoms with E-state index in [1.165, 1.54) is 44.8 Å². The molecule has 1 aromatic carbocycles. The van der Waals surface area contributed by atoms with E-state index in [0.717, 1.165) is 25.1 Å². The smallest absolute Gasteiger partial charge is 0.414 e. The number of nitro groups is 1. The summed E-state index contributed by atoms with van der Waals surface area (Å²) in [6.45, 7) is 6.04. The van der Waals surface area contributed by atoms with Crippen LogP contribution < -0.4 is 4.74 Å². The zero-order valence-corrected chi connectivity index (χ0v) is 16.1. The lowest BCUT2D eigenvalue weighted by molar-refractivity contribution is -0.385. The fourth-order valence-corrected chi connectivity index (χ4v) is 2.91. The fraction of sp³-hybridized carbons (Fsp3) is 0.579. The minimum Gasteiger partial charge on any atom is -0.494 e. The largest absolute Gasteiger partial charge is 0.494 e. The van der Waals surface area contributed by atoms with E-state index in [-0.39, 0.29) is 10.6 Å². The van der Waals surface area contributed by atoms with Gasteiger partial charge in [-0.2, -0.15) is 0 Å². The van der Waals surface area contributed by atoms with Crippen LogP contribution in [0.2, 0.25) is 0 Å². The summed E-state index contributed by atoms with van der Waals surface area (Å²) in [7, 11) is 0. The summed E-state index contributed by atoms with van der Waals surface area (Å²) in [4.78, 5) is 31.2. The first-order chi connectivity index (χ1) is 13.3. The Bertz CT molecular complexity index is 644. The summed E-state index contributed by atoms with van der Waals surface area (Å²) in [5, 5.41) is 25.5. The number of nitro benzene ring substituents is 1. The zero-order chi connectivity index (χ0) is 20.9. The molecule has 1 fully saturated rings. The second-order valence-electron chi connectivity index (χ2n) is 6.63. The summed E-state index contributed by atoms with van der Waals surface area (Å²) < 4.78 is 5.69. The first-order valence-electron chi connectivity index (χ1n) is 9.37. The van der Waals surface area contributed by atoms with E-state index in [1.807, 2.05) is 0 Å². The van der Waals surface area contributed by atoms with Crippen molar-refractivity contribution in [2.24, 2.45) is 0 Å². The fourth-order valence-electron chi connectivity index (χ4n) is 2.91. The third kappa shape index (κ3) is 9.31. The molecular formula is C19H28N2O7. The van der Waals surface area contributed by atoms with E-state index in [9.17, 15) is 10.1 Å². The molecule has 9 nitrogen and oxygen atoms in total.